The number of aromatic nitrogens is 2. The molecule has 2 rings (SSSR count). The van der Waals surface area contributed by atoms with Gasteiger partial charge in [-0.2, -0.15) is 0 Å². The molecule has 0 spiro atoms. The lowest BCUT2D eigenvalue weighted by molar-refractivity contribution is 0.432. The maximum atomic E-state index is 10.9. The van der Waals surface area contributed by atoms with E-state index in [2.05, 4.69) is 10.1 Å². The second kappa shape index (κ2) is 2.51. The van der Waals surface area contributed by atoms with Gasteiger partial charge < -0.3 is 4.52 Å². The second-order valence-electron chi connectivity index (χ2n) is 2.38. The van der Waals surface area contributed by atoms with E-state index in [-0.39, 0.29) is 10.5 Å². The topological polar surface area (TPSA) is 99.1 Å². The van der Waals surface area contributed by atoms with Gasteiger partial charge >= 0.3 is 0 Å². The van der Waals surface area contributed by atoms with Crippen LogP contribution in [0.3, 0.4) is 0 Å². The van der Waals surface area contributed by atoms with E-state index in [0.717, 1.165) is 0 Å². The zero-order valence-corrected chi connectivity index (χ0v) is 7.15. The minimum Gasteiger partial charge on any atom is -0.353 e. The third-order valence-electron chi connectivity index (χ3n) is 1.47. The molecule has 0 aromatic carbocycles. The van der Waals surface area contributed by atoms with Crippen LogP contribution in [-0.2, 0) is 10.0 Å². The Hall–Kier alpha value is -1.47. The smallest absolute Gasteiger partial charge is 0.261 e. The van der Waals surface area contributed by atoms with Crippen LogP contribution >= 0.6 is 0 Å². The molecule has 68 valence electrons. The highest BCUT2D eigenvalue weighted by atomic mass is 32.2. The lowest BCUT2D eigenvalue weighted by Gasteiger charge is -1.88. The lowest BCUT2D eigenvalue weighted by atomic mass is 10.4. The van der Waals surface area contributed by atoms with Crippen molar-refractivity contribution >= 4 is 21.1 Å². The molecule has 0 saturated heterocycles. The third kappa shape index (κ3) is 1.27. The van der Waals surface area contributed by atoms with Crippen LogP contribution in [0, 0.1) is 0 Å². The summed E-state index contributed by atoms with van der Waals surface area (Å²) >= 11 is 0. The van der Waals surface area contributed by atoms with Gasteiger partial charge in [0.1, 0.15) is 0 Å². The summed E-state index contributed by atoms with van der Waals surface area (Å²) in [6, 6.07) is 3.17. The third-order valence-corrected chi connectivity index (χ3v) is 2.28. The second-order valence-corrected chi connectivity index (χ2v) is 3.86. The molecule has 2 heterocycles. The first kappa shape index (κ1) is 8.14. The van der Waals surface area contributed by atoms with E-state index < -0.39 is 10.0 Å². The maximum Gasteiger partial charge on any atom is 0.261 e. The van der Waals surface area contributed by atoms with Crippen LogP contribution in [0.5, 0.6) is 0 Å². The number of hydrogen-bond donors (Lipinski definition) is 1. The minimum absolute atomic E-state index is 0.157. The van der Waals surface area contributed by atoms with E-state index in [0.29, 0.717) is 5.58 Å². The standard InChI is InChI=1S/C6H5N3O3S/c7-13(10,11)6-5-4(12-9-6)2-1-3-8-5/h1-3H,(H2,7,10,11). The van der Waals surface area contributed by atoms with Gasteiger partial charge in [0.25, 0.3) is 10.0 Å². The molecule has 7 heteroatoms. The summed E-state index contributed by atoms with van der Waals surface area (Å²) in [6.07, 6.45) is 1.44. The molecule has 2 N–H and O–H groups in total. The zero-order valence-electron chi connectivity index (χ0n) is 6.34. The van der Waals surface area contributed by atoms with Crippen molar-refractivity contribution in [3.05, 3.63) is 18.3 Å². The summed E-state index contributed by atoms with van der Waals surface area (Å²) in [7, 11) is -3.85. The average molecular weight is 199 g/mol. The van der Waals surface area contributed by atoms with E-state index in [1.54, 1.807) is 12.1 Å². The van der Waals surface area contributed by atoms with Gasteiger partial charge in [-0.15, -0.1) is 0 Å². The number of nitrogens with two attached hydrogens (primary N) is 1. The first-order valence-electron chi connectivity index (χ1n) is 3.32. The fourth-order valence-corrected chi connectivity index (χ4v) is 1.51. The lowest BCUT2D eigenvalue weighted by Crippen LogP contribution is -2.13. The van der Waals surface area contributed by atoms with Crippen molar-refractivity contribution in [3.63, 3.8) is 0 Å². The van der Waals surface area contributed by atoms with E-state index in [1.807, 2.05) is 0 Å². The molecule has 0 radical (unpaired) electrons. The molecule has 0 amide bonds. The predicted molar refractivity (Wildman–Crippen MR) is 43.2 cm³/mol. The average Bonchev–Trinajstić information content (AvgIpc) is 2.45. The Balaban J connectivity index is 2.87. The van der Waals surface area contributed by atoms with Crippen LogP contribution in [0.15, 0.2) is 27.9 Å². The number of nitrogens with zero attached hydrogens (tertiary/aromatic N) is 2. The molecule has 0 fully saturated rings. The summed E-state index contributed by atoms with van der Waals surface area (Å²) in [6.45, 7) is 0. The predicted octanol–water partition coefficient (Wildman–Crippen LogP) is -0.130. The van der Waals surface area contributed by atoms with Gasteiger partial charge in [-0.25, -0.2) is 18.5 Å². The highest BCUT2D eigenvalue weighted by molar-refractivity contribution is 7.89. The Morgan fingerprint density at radius 1 is 1.46 bits per heavy atom. The number of fused-ring (bicyclic) bond motifs is 1. The van der Waals surface area contributed by atoms with Crippen molar-refractivity contribution < 1.29 is 12.9 Å². The van der Waals surface area contributed by atoms with Crippen LogP contribution < -0.4 is 5.14 Å². The zero-order chi connectivity index (χ0) is 9.47. The monoisotopic (exact) mass is 199 g/mol. The molecule has 0 aliphatic carbocycles. The van der Waals surface area contributed by atoms with Crippen molar-refractivity contribution in [2.24, 2.45) is 5.14 Å². The van der Waals surface area contributed by atoms with Crippen molar-refractivity contribution in [2.45, 2.75) is 5.03 Å². The molecule has 13 heavy (non-hydrogen) atoms. The maximum absolute atomic E-state index is 10.9. The van der Waals surface area contributed by atoms with Crippen LogP contribution in [0.2, 0.25) is 0 Å². The van der Waals surface area contributed by atoms with Crippen LogP contribution in [0.4, 0.5) is 0 Å². The quantitative estimate of drug-likeness (QED) is 0.689. The number of primary sulfonamides is 1. The van der Waals surface area contributed by atoms with Crippen molar-refractivity contribution in [3.8, 4) is 0 Å². The summed E-state index contributed by atoms with van der Waals surface area (Å²) in [5, 5.41) is 7.86. The van der Waals surface area contributed by atoms with Gasteiger partial charge in [0.15, 0.2) is 11.1 Å². The molecule has 2 aromatic heterocycles. The summed E-state index contributed by atoms with van der Waals surface area (Å²) in [5.74, 6) is 0. The summed E-state index contributed by atoms with van der Waals surface area (Å²) in [4.78, 5) is 3.79. The van der Waals surface area contributed by atoms with Crippen LogP contribution in [-0.4, -0.2) is 18.6 Å². The summed E-state index contributed by atoms with van der Waals surface area (Å²) in [5.41, 5.74) is 0.455. The van der Waals surface area contributed by atoms with Gasteiger partial charge in [-0.3, -0.25) is 0 Å². The molecular weight excluding hydrogens is 194 g/mol. The van der Waals surface area contributed by atoms with E-state index >= 15 is 0 Å². The summed E-state index contributed by atoms with van der Waals surface area (Å²) < 4.78 is 26.6. The van der Waals surface area contributed by atoms with Crippen LogP contribution in [0.25, 0.3) is 11.1 Å². The molecule has 0 saturated carbocycles. The molecule has 0 aliphatic heterocycles. The Kier molecular flexibility index (Phi) is 1.57. The number of hydrogen-bond acceptors (Lipinski definition) is 5. The van der Waals surface area contributed by atoms with E-state index in [9.17, 15) is 8.42 Å². The van der Waals surface area contributed by atoms with Gasteiger partial charge in [0.2, 0.25) is 5.03 Å². The Bertz CT molecular complexity index is 545. The highest BCUT2D eigenvalue weighted by Gasteiger charge is 2.18. The van der Waals surface area contributed by atoms with Crippen LogP contribution in [0.1, 0.15) is 0 Å². The van der Waals surface area contributed by atoms with E-state index in [1.165, 1.54) is 6.20 Å². The molecule has 0 atom stereocenters. The largest absolute Gasteiger partial charge is 0.353 e. The van der Waals surface area contributed by atoms with E-state index in [4.69, 9.17) is 9.66 Å². The molecular formula is C6H5N3O3S. The first-order valence-corrected chi connectivity index (χ1v) is 4.87. The van der Waals surface area contributed by atoms with Gasteiger partial charge in [0, 0.05) is 6.20 Å². The van der Waals surface area contributed by atoms with Gasteiger partial charge in [-0.05, 0) is 12.1 Å². The molecule has 2 aromatic rings. The molecule has 0 aliphatic rings. The number of sulfonamides is 1. The van der Waals surface area contributed by atoms with Crippen molar-refractivity contribution in [2.75, 3.05) is 0 Å². The molecule has 0 bridgehead atoms. The fraction of sp³-hybridized carbons (Fsp3) is 0. The van der Waals surface area contributed by atoms with Gasteiger partial charge in [-0.1, -0.05) is 5.16 Å². The fourth-order valence-electron chi connectivity index (χ4n) is 0.945. The number of pyridine rings is 1. The Morgan fingerprint density at radius 3 is 2.92 bits per heavy atom. The normalized spacial score (nSPS) is 12.1. The SMILES string of the molecule is NS(=O)(=O)c1noc2cccnc12. The highest BCUT2D eigenvalue weighted by Crippen LogP contribution is 2.17. The number of rotatable bonds is 1. The first-order chi connectivity index (χ1) is 6.09. The molecule has 0 unspecified atom stereocenters. The van der Waals surface area contributed by atoms with Crippen molar-refractivity contribution in [1.82, 2.24) is 10.1 Å². The Labute approximate surface area is 73.4 Å². The molecule has 6 nitrogen and oxygen atoms in total. The van der Waals surface area contributed by atoms with Gasteiger partial charge in [0.05, 0.1) is 0 Å². The Morgan fingerprint density at radius 2 is 2.23 bits per heavy atom. The van der Waals surface area contributed by atoms with Crippen molar-refractivity contribution in [1.29, 1.82) is 0 Å². The minimum atomic E-state index is -3.85.